The fourth-order valence-corrected chi connectivity index (χ4v) is 2.20. The number of thioether (sulfide) groups is 1. The number of hydrogen-bond acceptors (Lipinski definition) is 3. The molecule has 0 aromatic rings. The molecule has 1 atom stereocenters. The molecule has 15 heavy (non-hydrogen) atoms. The Hall–Kier alpha value is -1.24. The number of amidine groups is 1. The van der Waals surface area contributed by atoms with Crippen molar-refractivity contribution < 1.29 is 4.79 Å². The SMILES string of the molecule is N=C(N=C(N)N)SC1CCCCNC1=O. The largest absolute Gasteiger partial charge is 0.370 e. The molecular formula is C8H15N5OS. The zero-order chi connectivity index (χ0) is 11.3. The zero-order valence-electron chi connectivity index (χ0n) is 8.32. The predicted octanol–water partition coefficient (Wildman–Crippen LogP) is -0.404. The van der Waals surface area contributed by atoms with Crippen molar-refractivity contribution in [2.45, 2.75) is 24.5 Å². The number of amides is 1. The quantitative estimate of drug-likeness (QED) is 0.361. The first-order chi connectivity index (χ1) is 7.09. The summed E-state index contributed by atoms with van der Waals surface area (Å²) >= 11 is 1.09. The first-order valence-electron chi connectivity index (χ1n) is 4.72. The molecular weight excluding hydrogens is 214 g/mol. The Balaban J connectivity index is 2.51. The summed E-state index contributed by atoms with van der Waals surface area (Å²) in [6, 6.07) is 0. The van der Waals surface area contributed by atoms with Crippen molar-refractivity contribution in [3.05, 3.63) is 0 Å². The van der Waals surface area contributed by atoms with E-state index in [0.29, 0.717) is 6.54 Å². The van der Waals surface area contributed by atoms with Crippen molar-refractivity contribution in [1.82, 2.24) is 5.32 Å². The van der Waals surface area contributed by atoms with Crippen molar-refractivity contribution in [3.8, 4) is 0 Å². The highest BCUT2D eigenvalue weighted by atomic mass is 32.2. The number of aliphatic imine (C=N–C) groups is 1. The average Bonchev–Trinajstić information content (AvgIpc) is 2.30. The van der Waals surface area contributed by atoms with Crippen LogP contribution in [0.3, 0.4) is 0 Å². The molecule has 6 nitrogen and oxygen atoms in total. The van der Waals surface area contributed by atoms with Gasteiger partial charge >= 0.3 is 0 Å². The molecule has 0 aliphatic carbocycles. The summed E-state index contributed by atoms with van der Waals surface area (Å²) < 4.78 is 0. The van der Waals surface area contributed by atoms with Gasteiger partial charge in [-0.15, -0.1) is 0 Å². The van der Waals surface area contributed by atoms with E-state index in [-0.39, 0.29) is 22.3 Å². The Morgan fingerprint density at radius 2 is 2.27 bits per heavy atom. The maximum absolute atomic E-state index is 11.5. The predicted molar refractivity (Wildman–Crippen MR) is 61.8 cm³/mol. The molecule has 1 aliphatic rings. The van der Waals surface area contributed by atoms with Gasteiger partial charge in [-0.3, -0.25) is 10.2 Å². The van der Waals surface area contributed by atoms with Gasteiger partial charge in [0.15, 0.2) is 11.1 Å². The second-order valence-electron chi connectivity index (χ2n) is 3.24. The molecule has 0 aromatic heterocycles. The molecule has 0 radical (unpaired) electrons. The Bertz CT molecular complexity index is 287. The van der Waals surface area contributed by atoms with Crippen molar-refractivity contribution in [2.75, 3.05) is 6.54 Å². The smallest absolute Gasteiger partial charge is 0.233 e. The summed E-state index contributed by atoms with van der Waals surface area (Å²) in [5, 5.41) is 9.97. The van der Waals surface area contributed by atoms with Crippen LogP contribution in [0.2, 0.25) is 0 Å². The van der Waals surface area contributed by atoms with Gasteiger partial charge in [0, 0.05) is 6.54 Å². The van der Waals surface area contributed by atoms with Crippen LogP contribution in [0.4, 0.5) is 0 Å². The first-order valence-corrected chi connectivity index (χ1v) is 5.60. The van der Waals surface area contributed by atoms with Gasteiger partial charge in [-0.25, -0.2) is 0 Å². The van der Waals surface area contributed by atoms with E-state index in [1.807, 2.05) is 0 Å². The molecule has 1 amide bonds. The molecule has 84 valence electrons. The van der Waals surface area contributed by atoms with E-state index >= 15 is 0 Å². The van der Waals surface area contributed by atoms with Gasteiger partial charge in [-0.05, 0) is 12.8 Å². The van der Waals surface area contributed by atoms with E-state index in [9.17, 15) is 4.79 Å². The molecule has 1 aliphatic heterocycles. The molecule has 1 heterocycles. The minimum absolute atomic E-state index is 0.0166. The van der Waals surface area contributed by atoms with E-state index in [0.717, 1.165) is 31.0 Å². The molecule has 7 heteroatoms. The third kappa shape index (κ3) is 4.20. The molecule has 0 saturated carbocycles. The summed E-state index contributed by atoms with van der Waals surface area (Å²) in [6.07, 6.45) is 2.73. The Morgan fingerprint density at radius 3 is 2.93 bits per heavy atom. The van der Waals surface area contributed by atoms with Crippen LogP contribution in [0.15, 0.2) is 4.99 Å². The molecule has 1 unspecified atom stereocenters. The Morgan fingerprint density at radius 1 is 1.53 bits per heavy atom. The molecule has 1 rings (SSSR count). The third-order valence-electron chi connectivity index (χ3n) is 1.97. The number of nitrogens with one attached hydrogen (secondary N) is 2. The van der Waals surface area contributed by atoms with E-state index < -0.39 is 0 Å². The summed E-state index contributed by atoms with van der Waals surface area (Å²) in [7, 11) is 0. The number of guanidine groups is 1. The number of carbonyl (C=O) groups excluding carboxylic acids is 1. The maximum Gasteiger partial charge on any atom is 0.233 e. The van der Waals surface area contributed by atoms with Gasteiger partial charge in [-0.2, -0.15) is 4.99 Å². The van der Waals surface area contributed by atoms with Gasteiger partial charge < -0.3 is 16.8 Å². The molecule has 0 aromatic carbocycles. The minimum atomic E-state index is -0.247. The lowest BCUT2D eigenvalue weighted by molar-refractivity contribution is -0.120. The monoisotopic (exact) mass is 229 g/mol. The topological polar surface area (TPSA) is 117 Å². The van der Waals surface area contributed by atoms with Crippen LogP contribution in [0.25, 0.3) is 0 Å². The molecule has 0 spiro atoms. The second-order valence-corrected chi connectivity index (χ2v) is 4.43. The molecule has 6 N–H and O–H groups in total. The van der Waals surface area contributed by atoms with Gasteiger partial charge in [0.05, 0.1) is 5.25 Å². The Kier molecular flexibility index (Phi) is 4.41. The van der Waals surface area contributed by atoms with Crippen LogP contribution in [-0.4, -0.2) is 28.8 Å². The number of rotatable bonds is 1. The second kappa shape index (κ2) is 5.59. The molecule has 0 bridgehead atoms. The summed E-state index contributed by atoms with van der Waals surface area (Å²) in [5.41, 5.74) is 10.3. The van der Waals surface area contributed by atoms with Crippen LogP contribution in [0.1, 0.15) is 19.3 Å². The third-order valence-corrected chi connectivity index (χ3v) is 3.02. The fraction of sp³-hybridized carbons (Fsp3) is 0.625. The number of carbonyl (C=O) groups is 1. The highest BCUT2D eigenvalue weighted by molar-refractivity contribution is 8.14. The van der Waals surface area contributed by atoms with Gasteiger partial charge in [0.2, 0.25) is 5.91 Å². The average molecular weight is 229 g/mol. The molecule has 1 fully saturated rings. The van der Waals surface area contributed by atoms with Crippen molar-refractivity contribution in [1.29, 1.82) is 5.41 Å². The van der Waals surface area contributed by atoms with Crippen molar-refractivity contribution in [2.24, 2.45) is 16.5 Å². The highest BCUT2D eigenvalue weighted by Gasteiger charge is 2.22. The van der Waals surface area contributed by atoms with E-state index in [2.05, 4.69) is 10.3 Å². The normalized spacial score (nSPS) is 21.3. The van der Waals surface area contributed by atoms with E-state index in [4.69, 9.17) is 16.9 Å². The first kappa shape index (κ1) is 11.8. The van der Waals surface area contributed by atoms with Crippen LogP contribution in [-0.2, 0) is 4.79 Å². The standard InChI is InChI=1S/C8H15N5OS/c9-7(10)13-8(11)15-5-3-1-2-4-12-6(5)14/h5H,1-4H2,(H,12,14)(H5,9,10,11,13). The fourth-order valence-electron chi connectivity index (χ4n) is 1.30. The highest BCUT2D eigenvalue weighted by Crippen LogP contribution is 2.21. The molecule has 1 saturated heterocycles. The minimum Gasteiger partial charge on any atom is -0.370 e. The van der Waals surface area contributed by atoms with Crippen LogP contribution >= 0.6 is 11.8 Å². The zero-order valence-corrected chi connectivity index (χ0v) is 9.14. The van der Waals surface area contributed by atoms with Crippen LogP contribution in [0, 0.1) is 5.41 Å². The lowest BCUT2D eigenvalue weighted by atomic mass is 10.2. The Labute approximate surface area is 92.4 Å². The number of hydrogen-bond donors (Lipinski definition) is 4. The number of nitrogens with zero attached hydrogens (tertiary/aromatic N) is 1. The van der Waals surface area contributed by atoms with Crippen molar-refractivity contribution >= 4 is 28.8 Å². The van der Waals surface area contributed by atoms with E-state index in [1.54, 1.807) is 0 Å². The van der Waals surface area contributed by atoms with Gasteiger partial charge in [0.1, 0.15) is 0 Å². The van der Waals surface area contributed by atoms with E-state index in [1.165, 1.54) is 0 Å². The summed E-state index contributed by atoms with van der Waals surface area (Å²) in [5.74, 6) is -0.186. The van der Waals surface area contributed by atoms with Crippen LogP contribution in [0.5, 0.6) is 0 Å². The number of nitrogens with two attached hydrogens (primary N) is 2. The van der Waals surface area contributed by atoms with Crippen LogP contribution < -0.4 is 16.8 Å². The van der Waals surface area contributed by atoms with Gasteiger partial charge in [-0.1, -0.05) is 18.2 Å². The van der Waals surface area contributed by atoms with Crippen molar-refractivity contribution in [3.63, 3.8) is 0 Å². The maximum atomic E-state index is 11.5. The lowest BCUT2D eigenvalue weighted by Gasteiger charge is -2.10. The summed E-state index contributed by atoms with van der Waals surface area (Å²) in [4.78, 5) is 15.1. The lowest BCUT2D eigenvalue weighted by Crippen LogP contribution is -2.31. The summed E-state index contributed by atoms with van der Waals surface area (Å²) in [6.45, 7) is 0.714. The van der Waals surface area contributed by atoms with Gasteiger partial charge in [0.25, 0.3) is 0 Å².